The molecule has 3 heterocycles. The Balaban J connectivity index is 1.40. The smallest absolute Gasteiger partial charge is 0.169 e. The number of halogens is 2. The zero-order valence-electron chi connectivity index (χ0n) is 20.3. The molecule has 1 unspecified atom stereocenters. The Bertz CT molecular complexity index is 1470. The first-order valence-corrected chi connectivity index (χ1v) is 12.6. The molecule has 37 heavy (non-hydrogen) atoms. The van der Waals surface area contributed by atoms with E-state index in [-0.39, 0.29) is 17.7 Å². The lowest BCUT2D eigenvalue weighted by atomic mass is 9.99. The number of hydrogen-bond acceptors (Lipinski definition) is 6. The van der Waals surface area contributed by atoms with Crippen LogP contribution < -0.4 is 16.0 Å². The fourth-order valence-corrected chi connectivity index (χ4v) is 4.99. The van der Waals surface area contributed by atoms with Crippen molar-refractivity contribution in [1.29, 1.82) is 0 Å². The number of benzene rings is 2. The molecule has 8 heteroatoms. The highest BCUT2D eigenvalue weighted by atomic mass is 19.1. The van der Waals surface area contributed by atoms with Gasteiger partial charge in [-0.1, -0.05) is 6.07 Å². The van der Waals surface area contributed by atoms with E-state index in [1.807, 2.05) is 18.2 Å². The number of fused-ring (bicyclic) bond motifs is 1. The molecule has 1 atom stereocenters. The lowest BCUT2D eigenvalue weighted by molar-refractivity contribution is 0.0968. The molecule has 6 nitrogen and oxygen atoms in total. The molecule has 4 aromatic rings. The number of ketones is 1. The lowest BCUT2D eigenvalue weighted by Gasteiger charge is -2.31. The van der Waals surface area contributed by atoms with Gasteiger partial charge >= 0.3 is 0 Å². The molecule has 1 saturated heterocycles. The first-order chi connectivity index (χ1) is 17.9. The van der Waals surface area contributed by atoms with Crippen molar-refractivity contribution in [3.63, 3.8) is 0 Å². The first kappa shape index (κ1) is 23.5. The minimum Gasteiger partial charge on any atom is -0.355 e. The van der Waals surface area contributed by atoms with Crippen LogP contribution in [0.5, 0.6) is 0 Å². The Labute approximate surface area is 213 Å². The van der Waals surface area contributed by atoms with Crippen LogP contribution in [0.15, 0.2) is 60.9 Å². The zero-order chi connectivity index (χ0) is 25.5. The minimum atomic E-state index is -0.648. The fourth-order valence-electron chi connectivity index (χ4n) is 4.99. The van der Waals surface area contributed by atoms with Gasteiger partial charge in [0.2, 0.25) is 0 Å². The second kappa shape index (κ2) is 9.52. The van der Waals surface area contributed by atoms with Crippen LogP contribution in [0, 0.1) is 17.6 Å². The molecule has 0 spiro atoms. The lowest BCUT2D eigenvalue weighted by Crippen LogP contribution is -2.43. The maximum Gasteiger partial charge on any atom is 0.169 e. The molecule has 2 aromatic heterocycles. The minimum absolute atomic E-state index is 0.00380. The second-order valence-electron chi connectivity index (χ2n) is 9.95. The number of carbonyl (C=O) groups is 1. The van der Waals surface area contributed by atoms with Crippen molar-refractivity contribution >= 4 is 33.9 Å². The van der Waals surface area contributed by atoms with Gasteiger partial charge in [-0.2, -0.15) is 0 Å². The van der Waals surface area contributed by atoms with Gasteiger partial charge in [-0.3, -0.25) is 9.78 Å². The van der Waals surface area contributed by atoms with E-state index < -0.39 is 11.6 Å². The van der Waals surface area contributed by atoms with Crippen LogP contribution >= 0.6 is 0 Å². The third kappa shape index (κ3) is 4.89. The van der Waals surface area contributed by atoms with Gasteiger partial charge in [0.05, 0.1) is 28.7 Å². The van der Waals surface area contributed by atoms with Crippen molar-refractivity contribution in [3.05, 3.63) is 78.1 Å². The van der Waals surface area contributed by atoms with E-state index in [9.17, 15) is 13.6 Å². The van der Waals surface area contributed by atoms with E-state index in [1.165, 1.54) is 12.1 Å². The number of Topliss-reactive ketones (excluding diaryl/α,β-unsaturated/α-hetero) is 1. The second-order valence-corrected chi connectivity index (χ2v) is 9.95. The van der Waals surface area contributed by atoms with Crippen LogP contribution in [-0.4, -0.2) is 34.9 Å². The molecule has 0 amide bonds. The van der Waals surface area contributed by atoms with Gasteiger partial charge in [0.15, 0.2) is 5.78 Å². The van der Waals surface area contributed by atoms with Crippen LogP contribution in [0.4, 0.5) is 26.0 Å². The highest BCUT2D eigenvalue weighted by Gasteiger charge is 2.32. The number of carbonyl (C=O) groups excluding carboxylic acids is 1. The van der Waals surface area contributed by atoms with Gasteiger partial charge in [0.25, 0.3) is 0 Å². The molecule has 3 N–H and O–H groups in total. The summed E-state index contributed by atoms with van der Waals surface area (Å²) in [5.41, 5.74) is 9.69. The van der Waals surface area contributed by atoms with E-state index in [0.717, 1.165) is 56.3 Å². The Kier molecular flexibility index (Phi) is 6.04. The molecule has 1 aliphatic carbocycles. The molecule has 1 saturated carbocycles. The van der Waals surface area contributed by atoms with Crippen molar-refractivity contribution in [2.75, 3.05) is 23.3 Å². The monoisotopic (exact) mass is 499 g/mol. The van der Waals surface area contributed by atoms with Gasteiger partial charge in [0.1, 0.15) is 17.5 Å². The summed E-state index contributed by atoms with van der Waals surface area (Å²) in [6.07, 6.45) is 7.16. The summed E-state index contributed by atoms with van der Waals surface area (Å²) in [7, 11) is 0. The largest absolute Gasteiger partial charge is 0.355 e. The summed E-state index contributed by atoms with van der Waals surface area (Å²) < 4.78 is 27.8. The molecule has 188 valence electrons. The van der Waals surface area contributed by atoms with Gasteiger partial charge < -0.3 is 16.0 Å². The van der Waals surface area contributed by atoms with Gasteiger partial charge in [-0.25, -0.2) is 13.8 Å². The number of piperidine rings is 1. The van der Waals surface area contributed by atoms with Crippen LogP contribution in [0.1, 0.15) is 36.0 Å². The molecule has 0 radical (unpaired) electrons. The Hall–Kier alpha value is -3.91. The molecule has 2 fully saturated rings. The van der Waals surface area contributed by atoms with E-state index in [4.69, 9.17) is 5.73 Å². The highest BCUT2D eigenvalue weighted by molar-refractivity contribution is 6.11. The predicted molar refractivity (Wildman–Crippen MR) is 141 cm³/mol. The topological polar surface area (TPSA) is 84.1 Å². The number of hydrogen-bond donors (Lipinski definition) is 2. The molecule has 0 bridgehead atoms. The number of anilines is 3. The van der Waals surface area contributed by atoms with Gasteiger partial charge in [-0.15, -0.1) is 0 Å². The molecule has 2 aliphatic rings. The summed E-state index contributed by atoms with van der Waals surface area (Å²) in [6.45, 7) is 1.70. The zero-order valence-corrected chi connectivity index (χ0v) is 20.3. The van der Waals surface area contributed by atoms with Crippen molar-refractivity contribution in [1.82, 2.24) is 9.97 Å². The third-order valence-corrected chi connectivity index (χ3v) is 7.08. The predicted octanol–water partition coefficient (Wildman–Crippen LogP) is 5.84. The Morgan fingerprint density at radius 1 is 0.946 bits per heavy atom. The number of nitrogens with two attached hydrogens (primary N) is 1. The van der Waals surface area contributed by atoms with Crippen molar-refractivity contribution in [2.45, 2.75) is 31.7 Å². The Morgan fingerprint density at radius 3 is 2.46 bits per heavy atom. The SMILES string of the molecule is NC1CCCN(c2ccc(Nc3c(C(=O)C4CC4)cnc4ccc(-c5cc(F)cc(F)c5)cc34)cn2)C1. The maximum absolute atomic E-state index is 13.9. The maximum atomic E-state index is 13.9. The van der Waals surface area contributed by atoms with Crippen molar-refractivity contribution < 1.29 is 13.6 Å². The molecular formula is C29H27F2N5O. The average Bonchev–Trinajstić information content (AvgIpc) is 3.74. The summed E-state index contributed by atoms with van der Waals surface area (Å²) in [6, 6.07) is 12.9. The number of rotatable bonds is 6. The summed E-state index contributed by atoms with van der Waals surface area (Å²) in [4.78, 5) is 24.5. The summed E-state index contributed by atoms with van der Waals surface area (Å²) in [5.74, 6) is -0.379. The summed E-state index contributed by atoms with van der Waals surface area (Å²) in [5, 5.41) is 4.10. The highest BCUT2D eigenvalue weighted by Crippen LogP contribution is 2.38. The van der Waals surface area contributed by atoms with E-state index in [2.05, 4.69) is 20.2 Å². The van der Waals surface area contributed by atoms with E-state index in [0.29, 0.717) is 33.3 Å². The standard InChI is InChI=1S/C29H27F2N5O/c30-20-10-19(11-21(31)13-20)18-5-7-26-24(12-18)28(25(15-33-26)29(37)17-3-4-17)35-23-6-8-27(34-14-23)36-9-1-2-22(32)16-36/h5-8,10-15,17,22H,1-4,9,16,32H2,(H,33,35). The van der Waals surface area contributed by atoms with Gasteiger partial charge in [0, 0.05) is 42.7 Å². The third-order valence-electron chi connectivity index (χ3n) is 7.08. The van der Waals surface area contributed by atoms with Crippen LogP contribution in [0.25, 0.3) is 22.0 Å². The van der Waals surface area contributed by atoms with Gasteiger partial charge in [-0.05, 0) is 73.2 Å². The number of nitrogens with one attached hydrogen (secondary N) is 1. The Morgan fingerprint density at radius 2 is 1.76 bits per heavy atom. The van der Waals surface area contributed by atoms with Crippen molar-refractivity contribution in [2.24, 2.45) is 11.7 Å². The van der Waals surface area contributed by atoms with E-state index >= 15 is 0 Å². The normalized spacial score (nSPS) is 17.7. The summed E-state index contributed by atoms with van der Waals surface area (Å²) >= 11 is 0. The van der Waals surface area contributed by atoms with Crippen LogP contribution in [0.3, 0.4) is 0 Å². The molecular weight excluding hydrogens is 472 g/mol. The van der Waals surface area contributed by atoms with E-state index in [1.54, 1.807) is 24.5 Å². The van der Waals surface area contributed by atoms with Crippen molar-refractivity contribution in [3.8, 4) is 11.1 Å². The number of nitrogens with zero attached hydrogens (tertiary/aromatic N) is 3. The van der Waals surface area contributed by atoms with Crippen LogP contribution in [-0.2, 0) is 0 Å². The first-order valence-electron chi connectivity index (χ1n) is 12.6. The number of pyridine rings is 2. The average molecular weight is 500 g/mol. The quantitative estimate of drug-likeness (QED) is 0.324. The molecule has 6 rings (SSSR count). The molecule has 2 aromatic carbocycles. The fraction of sp³-hybridized carbons (Fsp3) is 0.276. The molecule has 1 aliphatic heterocycles. The van der Waals surface area contributed by atoms with Crippen LogP contribution in [0.2, 0.25) is 0 Å². The number of aromatic nitrogens is 2.